The smallest absolute Gasteiger partial charge is 0.251 e. The van der Waals surface area contributed by atoms with Crippen LogP contribution in [0.1, 0.15) is 38.3 Å². The zero-order valence-electron chi connectivity index (χ0n) is 16.1. The number of nitrogens with zero attached hydrogens (tertiary/aromatic N) is 3. The maximum atomic E-state index is 12.7. The number of rotatable bonds is 4. The minimum atomic E-state index is -0.113. The summed E-state index contributed by atoms with van der Waals surface area (Å²) in [6, 6.07) is 15.6. The molecular weight excluding hydrogens is 362 g/mol. The molecule has 6 heteroatoms. The van der Waals surface area contributed by atoms with Crippen molar-refractivity contribution >= 4 is 23.5 Å². The van der Waals surface area contributed by atoms with Crippen LogP contribution < -0.4 is 11.1 Å². The molecule has 0 saturated carbocycles. The fourth-order valence-corrected chi connectivity index (χ4v) is 3.30. The van der Waals surface area contributed by atoms with Crippen molar-refractivity contribution < 1.29 is 4.79 Å². The Morgan fingerprint density at radius 1 is 1.14 bits per heavy atom. The van der Waals surface area contributed by atoms with Gasteiger partial charge in [0.1, 0.15) is 12.1 Å². The summed E-state index contributed by atoms with van der Waals surface area (Å²) in [4.78, 5) is 25.4. The van der Waals surface area contributed by atoms with Gasteiger partial charge in [0.15, 0.2) is 0 Å². The second kappa shape index (κ2) is 8.06. The van der Waals surface area contributed by atoms with Gasteiger partial charge in [-0.15, -0.1) is 0 Å². The number of aromatic nitrogens is 2. The van der Waals surface area contributed by atoms with Crippen molar-refractivity contribution in [3.8, 4) is 0 Å². The summed E-state index contributed by atoms with van der Waals surface area (Å²) in [5, 5.41) is 2.98. The van der Waals surface area contributed by atoms with E-state index in [4.69, 9.17) is 5.73 Å². The van der Waals surface area contributed by atoms with Crippen LogP contribution in [-0.2, 0) is 13.0 Å². The Kier molecular flexibility index (Phi) is 5.16. The van der Waals surface area contributed by atoms with Gasteiger partial charge in [-0.05, 0) is 35.8 Å². The Hall–Kier alpha value is -3.80. The van der Waals surface area contributed by atoms with Crippen molar-refractivity contribution in [1.82, 2.24) is 15.3 Å². The summed E-state index contributed by atoms with van der Waals surface area (Å²) in [5.41, 5.74) is 12.2. The highest BCUT2D eigenvalue weighted by molar-refractivity contribution is 5.95. The molecule has 4 rings (SSSR count). The van der Waals surface area contributed by atoms with Crippen LogP contribution in [0.3, 0.4) is 0 Å². The highest BCUT2D eigenvalue weighted by atomic mass is 16.1. The first-order valence-electron chi connectivity index (χ1n) is 9.36. The largest absolute Gasteiger partial charge is 0.383 e. The molecule has 1 aliphatic heterocycles. The van der Waals surface area contributed by atoms with Crippen LogP contribution in [0.2, 0.25) is 0 Å². The summed E-state index contributed by atoms with van der Waals surface area (Å²) in [6.45, 7) is 2.52. The van der Waals surface area contributed by atoms with Crippen molar-refractivity contribution in [2.24, 2.45) is 4.99 Å². The molecule has 0 saturated heterocycles. The summed E-state index contributed by atoms with van der Waals surface area (Å²) >= 11 is 0. The number of hydrogen-bond acceptors (Lipinski definition) is 5. The van der Waals surface area contributed by atoms with Crippen molar-refractivity contribution in [3.05, 3.63) is 94.6 Å². The van der Waals surface area contributed by atoms with E-state index in [2.05, 4.69) is 26.3 Å². The molecule has 2 heterocycles. The molecule has 29 heavy (non-hydrogen) atoms. The zero-order valence-corrected chi connectivity index (χ0v) is 16.1. The molecule has 144 valence electrons. The molecule has 0 radical (unpaired) electrons. The predicted octanol–water partition coefficient (Wildman–Crippen LogP) is 3.31. The first-order valence-corrected chi connectivity index (χ1v) is 9.36. The molecule has 0 atom stereocenters. The third kappa shape index (κ3) is 4.21. The van der Waals surface area contributed by atoms with Crippen LogP contribution in [0.25, 0.3) is 5.57 Å². The van der Waals surface area contributed by atoms with Crippen LogP contribution >= 0.6 is 0 Å². The molecule has 0 bridgehead atoms. The third-order valence-corrected chi connectivity index (χ3v) is 4.82. The third-order valence-electron chi connectivity index (χ3n) is 4.82. The van der Waals surface area contributed by atoms with E-state index >= 15 is 0 Å². The van der Waals surface area contributed by atoms with Gasteiger partial charge in [-0.1, -0.05) is 42.0 Å². The van der Waals surface area contributed by atoms with Gasteiger partial charge in [-0.3, -0.25) is 9.79 Å². The standard InChI is InChI=1S/C23H21N5O/c1-15-4-2-5-16(8-15)11-26-23(29)18-7-3-6-17(9-18)19-10-21-20(13-25-12-19)22(24)28-14-27-21/h2-9,12-14H,10-11H2,1H3,(H,26,29)(H2,24,27,28). The molecule has 0 aliphatic carbocycles. The summed E-state index contributed by atoms with van der Waals surface area (Å²) in [5.74, 6) is 0.302. The molecule has 2 aromatic carbocycles. The second-order valence-corrected chi connectivity index (χ2v) is 6.98. The van der Waals surface area contributed by atoms with Crippen molar-refractivity contribution in [3.63, 3.8) is 0 Å². The van der Waals surface area contributed by atoms with Gasteiger partial charge >= 0.3 is 0 Å². The number of hydrogen-bond donors (Lipinski definition) is 2. The highest BCUT2D eigenvalue weighted by Gasteiger charge is 2.15. The van der Waals surface area contributed by atoms with Crippen LogP contribution in [0.15, 0.2) is 66.1 Å². The summed E-state index contributed by atoms with van der Waals surface area (Å²) in [7, 11) is 0. The van der Waals surface area contributed by atoms with Crippen LogP contribution in [0, 0.1) is 6.92 Å². The molecule has 0 unspecified atom stereocenters. The molecule has 0 spiro atoms. The minimum Gasteiger partial charge on any atom is -0.383 e. The Bertz CT molecular complexity index is 1130. The second-order valence-electron chi connectivity index (χ2n) is 6.98. The topological polar surface area (TPSA) is 93.3 Å². The number of amides is 1. The number of benzene rings is 2. The average Bonchev–Trinajstić information content (AvgIpc) is 2.96. The lowest BCUT2D eigenvalue weighted by molar-refractivity contribution is 0.0951. The predicted molar refractivity (Wildman–Crippen MR) is 115 cm³/mol. The van der Waals surface area contributed by atoms with E-state index in [0.717, 1.165) is 28.0 Å². The number of nitrogens with two attached hydrogens (primary N) is 1. The number of nitrogen functional groups attached to an aromatic ring is 1. The van der Waals surface area contributed by atoms with E-state index in [9.17, 15) is 4.79 Å². The molecule has 1 aromatic heterocycles. The van der Waals surface area contributed by atoms with Gasteiger partial charge in [-0.25, -0.2) is 9.97 Å². The molecular formula is C23H21N5O. The first kappa shape index (κ1) is 18.6. The first-order chi connectivity index (χ1) is 14.1. The monoisotopic (exact) mass is 383 g/mol. The van der Waals surface area contributed by atoms with Crippen molar-refractivity contribution in [1.29, 1.82) is 0 Å². The van der Waals surface area contributed by atoms with Gasteiger partial charge in [0, 0.05) is 30.9 Å². The number of aryl methyl sites for hydroxylation is 1. The van der Waals surface area contributed by atoms with E-state index in [1.807, 2.05) is 49.4 Å². The van der Waals surface area contributed by atoms with Crippen LogP contribution in [-0.4, -0.2) is 22.1 Å². The van der Waals surface area contributed by atoms with E-state index in [1.165, 1.54) is 11.9 Å². The van der Waals surface area contributed by atoms with Gasteiger partial charge < -0.3 is 11.1 Å². The van der Waals surface area contributed by atoms with E-state index in [1.54, 1.807) is 12.4 Å². The van der Waals surface area contributed by atoms with E-state index < -0.39 is 0 Å². The number of carbonyl (C=O) groups excluding carboxylic acids is 1. The fraction of sp³-hybridized carbons (Fsp3) is 0.130. The lowest BCUT2D eigenvalue weighted by Crippen LogP contribution is -2.22. The lowest BCUT2D eigenvalue weighted by atomic mass is 9.98. The fourth-order valence-electron chi connectivity index (χ4n) is 3.30. The SMILES string of the molecule is Cc1cccc(CNC(=O)c2cccc(C3=CN=Cc4c(N)ncnc4C3)c2)c1. The maximum Gasteiger partial charge on any atom is 0.251 e. The minimum absolute atomic E-state index is 0.113. The van der Waals surface area contributed by atoms with E-state index in [0.29, 0.717) is 24.3 Å². The van der Waals surface area contributed by atoms with Crippen LogP contribution in [0.5, 0.6) is 0 Å². The molecule has 3 aromatic rings. The molecule has 6 nitrogen and oxygen atoms in total. The number of carbonyl (C=O) groups is 1. The van der Waals surface area contributed by atoms with Gasteiger partial charge in [0.2, 0.25) is 0 Å². The van der Waals surface area contributed by atoms with Crippen molar-refractivity contribution in [2.45, 2.75) is 19.9 Å². The number of nitrogens with one attached hydrogen (secondary N) is 1. The Labute approximate surface area is 169 Å². The van der Waals surface area contributed by atoms with E-state index in [-0.39, 0.29) is 5.91 Å². The molecule has 0 fully saturated rings. The number of anilines is 1. The highest BCUT2D eigenvalue weighted by Crippen LogP contribution is 2.25. The van der Waals surface area contributed by atoms with Crippen LogP contribution in [0.4, 0.5) is 5.82 Å². The number of fused-ring (bicyclic) bond motifs is 1. The zero-order chi connectivity index (χ0) is 20.2. The lowest BCUT2D eigenvalue weighted by Gasteiger charge is -2.10. The van der Waals surface area contributed by atoms with Gasteiger partial charge in [0.05, 0.1) is 11.3 Å². The Morgan fingerprint density at radius 3 is 2.86 bits per heavy atom. The summed E-state index contributed by atoms with van der Waals surface area (Å²) in [6.07, 6.45) is 5.48. The molecule has 1 amide bonds. The van der Waals surface area contributed by atoms with Crippen molar-refractivity contribution in [2.75, 3.05) is 5.73 Å². The molecule has 1 aliphatic rings. The summed E-state index contributed by atoms with van der Waals surface area (Å²) < 4.78 is 0. The van der Waals surface area contributed by atoms with Gasteiger partial charge in [0.25, 0.3) is 5.91 Å². The molecule has 3 N–H and O–H groups in total. The number of aliphatic imine (C=N–C) groups is 1. The quantitative estimate of drug-likeness (QED) is 0.723. The average molecular weight is 383 g/mol. The Morgan fingerprint density at radius 2 is 2.00 bits per heavy atom. The maximum absolute atomic E-state index is 12.7. The Balaban J connectivity index is 1.52. The van der Waals surface area contributed by atoms with Gasteiger partial charge in [-0.2, -0.15) is 0 Å². The normalized spacial score (nSPS) is 12.7. The number of allylic oxidation sites excluding steroid dienone is 1.